The van der Waals surface area contributed by atoms with Crippen molar-refractivity contribution < 1.29 is 18.7 Å². The Bertz CT molecular complexity index is 985. The van der Waals surface area contributed by atoms with Crippen LogP contribution >= 0.6 is 11.6 Å². The molecule has 0 bridgehead atoms. The number of amides is 1. The van der Waals surface area contributed by atoms with E-state index in [0.717, 1.165) is 43.9 Å². The maximum atomic E-state index is 14.3. The number of benzene rings is 2. The van der Waals surface area contributed by atoms with Crippen molar-refractivity contribution in [2.75, 3.05) is 34.4 Å². The van der Waals surface area contributed by atoms with Crippen LogP contribution in [-0.4, -0.2) is 51.2 Å². The van der Waals surface area contributed by atoms with Crippen LogP contribution in [0.25, 0.3) is 0 Å². The van der Waals surface area contributed by atoms with Gasteiger partial charge in [-0.2, -0.15) is 0 Å². The van der Waals surface area contributed by atoms with E-state index in [-0.39, 0.29) is 22.0 Å². The number of fused-ring (bicyclic) bond motifs is 1. The lowest BCUT2D eigenvalue weighted by molar-refractivity contribution is 0.0900. The van der Waals surface area contributed by atoms with Gasteiger partial charge in [0.05, 0.1) is 24.8 Å². The van der Waals surface area contributed by atoms with Gasteiger partial charge in [0.15, 0.2) is 17.3 Å². The van der Waals surface area contributed by atoms with Crippen molar-refractivity contribution in [2.45, 2.75) is 30.7 Å². The van der Waals surface area contributed by atoms with Gasteiger partial charge in [0, 0.05) is 24.5 Å². The molecule has 5 nitrogen and oxygen atoms in total. The van der Waals surface area contributed by atoms with E-state index in [9.17, 15) is 9.18 Å². The van der Waals surface area contributed by atoms with E-state index in [4.69, 9.17) is 21.1 Å². The zero-order valence-corrected chi connectivity index (χ0v) is 18.8. The maximum Gasteiger partial charge on any atom is 0.254 e. The van der Waals surface area contributed by atoms with Crippen LogP contribution in [0.3, 0.4) is 0 Å². The summed E-state index contributed by atoms with van der Waals surface area (Å²) in [6, 6.07) is 10.7. The minimum atomic E-state index is -0.669. The molecule has 0 radical (unpaired) electrons. The number of ether oxygens (including phenoxy) is 2. The third-order valence-corrected chi connectivity index (χ3v) is 7.16. The molecule has 1 saturated heterocycles. The Labute approximate surface area is 187 Å². The molecule has 1 N–H and O–H groups in total. The fourth-order valence-electron chi connectivity index (χ4n) is 5.39. The van der Waals surface area contributed by atoms with Crippen molar-refractivity contribution in [1.82, 2.24) is 10.2 Å². The molecule has 1 aliphatic carbocycles. The summed E-state index contributed by atoms with van der Waals surface area (Å²) in [6.45, 7) is 1.91. The Morgan fingerprint density at radius 1 is 1.23 bits per heavy atom. The topological polar surface area (TPSA) is 50.8 Å². The molecular weight excluding hydrogens is 419 g/mol. The van der Waals surface area contributed by atoms with Gasteiger partial charge in [-0.05, 0) is 62.1 Å². The Kier molecular flexibility index (Phi) is 6.13. The molecule has 4 rings (SSSR count). The third kappa shape index (κ3) is 3.99. The molecule has 2 fully saturated rings. The second kappa shape index (κ2) is 8.67. The zero-order chi connectivity index (χ0) is 22.2. The summed E-state index contributed by atoms with van der Waals surface area (Å²) >= 11 is 5.84. The lowest BCUT2D eigenvalue weighted by Crippen LogP contribution is -2.47. The number of nitrogens with one attached hydrogen (secondary N) is 1. The summed E-state index contributed by atoms with van der Waals surface area (Å²) in [6.07, 6.45) is 2.60. The molecule has 2 unspecified atom stereocenters. The number of carbonyl (C=O) groups is 1. The number of nitrogens with zero attached hydrogens (tertiary/aromatic N) is 1. The number of likely N-dealkylation sites (tertiary alicyclic amines) is 1. The molecule has 7 heteroatoms. The van der Waals surface area contributed by atoms with Crippen LogP contribution in [-0.2, 0) is 5.41 Å². The lowest BCUT2D eigenvalue weighted by atomic mass is 9.63. The minimum absolute atomic E-state index is 0.00314. The first-order valence-electron chi connectivity index (χ1n) is 10.5. The Morgan fingerprint density at radius 3 is 2.74 bits per heavy atom. The third-order valence-electron chi connectivity index (χ3n) is 6.86. The summed E-state index contributed by atoms with van der Waals surface area (Å²) in [4.78, 5) is 15.0. The van der Waals surface area contributed by atoms with Crippen LogP contribution < -0.4 is 14.8 Å². The minimum Gasteiger partial charge on any atom is -0.493 e. The van der Waals surface area contributed by atoms with Crippen molar-refractivity contribution in [3.8, 4) is 11.5 Å². The smallest absolute Gasteiger partial charge is 0.254 e. The summed E-state index contributed by atoms with van der Waals surface area (Å²) in [5.74, 6) is 0.746. The first kappa shape index (κ1) is 21.9. The molecule has 3 atom stereocenters. The number of hydrogen-bond acceptors (Lipinski definition) is 4. The van der Waals surface area contributed by atoms with E-state index < -0.39 is 11.7 Å². The molecule has 1 heterocycles. The Hall–Kier alpha value is -2.31. The van der Waals surface area contributed by atoms with Gasteiger partial charge < -0.3 is 19.7 Å². The van der Waals surface area contributed by atoms with Gasteiger partial charge in [0.2, 0.25) is 0 Å². The predicted octanol–water partition coefficient (Wildman–Crippen LogP) is 4.28. The van der Waals surface area contributed by atoms with E-state index in [1.807, 2.05) is 6.07 Å². The van der Waals surface area contributed by atoms with Crippen molar-refractivity contribution >= 4 is 17.5 Å². The maximum absolute atomic E-state index is 14.3. The molecule has 2 aromatic carbocycles. The molecule has 1 aliphatic heterocycles. The number of likely N-dealkylation sites (N-methyl/N-ethyl adjacent to an activating group) is 1. The molecular formula is C24H28ClFN2O3. The van der Waals surface area contributed by atoms with Crippen molar-refractivity contribution in [2.24, 2.45) is 5.92 Å². The summed E-state index contributed by atoms with van der Waals surface area (Å²) in [7, 11) is 5.42. The quantitative estimate of drug-likeness (QED) is 0.744. The van der Waals surface area contributed by atoms with Crippen molar-refractivity contribution in [3.63, 3.8) is 0 Å². The van der Waals surface area contributed by atoms with Crippen LogP contribution in [0.15, 0.2) is 36.4 Å². The van der Waals surface area contributed by atoms with E-state index >= 15 is 0 Å². The molecule has 1 saturated carbocycles. The fourth-order valence-corrected chi connectivity index (χ4v) is 5.57. The normalized spacial score (nSPS) is 25.7. The second-order valence-electron chi connectivity index (χ2n) is 8.67. The predicted molar refractivity (Wildman–Crippen MR) is 119 cm³/mol. The summed E-state index contributed by atoms with van der Waals surface area (Å²) < 4.78 is 25.2. The van der Waals surface area contributed by atoms with Crippen LogP contribution in [0.2, 0.25) is 5.02 Å². The van der Waals surface area contributed by atoms with Crippen LogP contribution in [0.4, 0.5) is 4.39 Å². The average Bonchev–Trinajstić information content (AvgIpc) is 3.11. The largest absolute Gasteiger partial charge is 0.493 e. The number of carbonyl (C=O) groups excluding carboxylic acids is 1. The number of rotatable bonds is 5. The molecule has 31 heavy (non-hydrogen) atoms. The molecule has 1 amide bonds. The number of hydrogen-bond donors (Lipinski definition) is 1. The van der Waals surface area contributed by atoms with Gasteiger partial charge in [-0.3, -0.25) is 4.79 Å². The zero-order valence-electron chi connectivity index (χ0n) is 18.1. The van der Waals surface area contributed by atoms with Gasteiger partial charge in [-0.1, -0.05) is 23.7 Å². The number of methoxy groups -OCH3 is 2. The molecule has 0 aromatic heterocycles. The lowest BCUT2D eigenvalue weighted by Gasteiger charge is -2.43. The van der Waals surface area contributed by atoms with Crippen molar-refractivity contribution in [1.29, 1.82) is 0 Å². The van der Waals surface area contributed by atoms with Crippen LogP contribution in [0.5, 0.6) is 11.5 Å². The molecule has 0 spiro atoms. The SMILES string of the molecule is COc1ccc([C@@]23CCC(NC(=O)c4cccc(Cl)c4F)CC2CN(C)C3)cc1OC. The summed E-state index contributed by atoms with van der Waals surface area (Å²) in [5.41, 5.74) is 1.23. The van der Waals surface area contributed by atoms with E-state index in [0.29, 0.717) is 5.92 Å². The van der Waals surface area contributed by atoms with Crippen LogP contribution in [0.1, 0.15) is 35.2 Å². The van der Waals surface area contributed by atoms with Crippen LogP contribution in [0, 0.1) is 11.7 Å². The first-order chi connectivity index (χ1) is 14.9. The Balaban J connectivity index is 1.55. The number of halogens is 2. The fraction of sp³-hybridized carbons (Fsp3) is 0.458. The Morgan fingerprint density at radius 2 is 2.00 bits per heavy atom. The summed E-state index contributed by atoms with van der Waals surface area (Å²) in [5, 5.41) is 3.00. The highest BCUT2D eigenvalue weighted by molar-refractivity contribution is 6.31. The van der Waals surface area contributed by atoms with Gasteiger partial charge in [-0.25, -0.2) is 4.39 Å². The van der Waals surface area contributed by atoms with E-state index in [1.54, 1.807) is 20.3 Å². The van der Waals surface area contributed by atoms with E-state index in [2.05, 4.69) is 29.4 Å². The highest BCUT2D eigenvalue weighted by atomic mass is 35.5. The second-order valence-corrected chi connectivity index (χ2v) is 9.07. The van der Waals surface area contributed by atoms with Gasteiger partial charge in [-0.15, -0.1) is 0 Å². The van der Waals surface area contributed by atoms with Gasteiger partial charge in [0.25, 0.3) is 5.91 Å². The van der Waals surface area contributed by atoms with Gasteiger partial charge in [0.1, 0.15) is 0 Å². The highest BCUT2D eigenvalue weighted by Gasteiger charge is 2.50. The molecule has 166 valence electrons. The first-order valence-corrected chi connectivity index (χ1v) is 10.9. The average molecular weight is 447 g/mol. The highest BCUT2D eigenvalue weighted by Crippen LogP contribution is 2.49. The molecule has 2 aliphatic rings. The standard InChI is InChI=1S/C24H28ClFN2O3/c1-28-13-16-11-17(27-23(29)18-5-4-6-19(25)22(18)26)9-10-24(16,14-28)15-7-8-20(30-2)21(12-15)31-3/h4-8,12,16-17H,9-11,13-14H2,1-3H3,(H,27,29)/t16?,17?,24-/m0/s1. The van der Waals surface area contributed by atoms with E-state index in [1.165, 1.54) is 17.7 Å². The van der Waals surface area contributed by atoms with Crippen molar-refractivity contribution in [3.05, 3.63) is 58.4 Å². The molecule has 2 aromatic rings. The monoisotopic (exact) mass is 446 g/mol. The van der Waals surface area contributed by atoms with Gasteiger partial charge >= 0.3 is 0 Å².